The van der Waals surface area contributed by atoms with Crippen molar-refractivity contribution in [3.8, 4) is 0 Å². The molecular weight excluding hydrogens is 374 g/mol. The summed E-state index contributed by atoms with van der Waals surface area (Å²) in [4.78, 5) is 14.7. The van der Waals surface area contributed by atoms with E-state index < -0.39 is 0 Å². The summed E-state index contributed by atoms with van der Waals surface area (Å²) in [6.45, 7) is 0.871. The Kier molecular flexibility index (Phi) is 5.35. The first kappa shape index (κ1) is 18.6. The fourth-order valence-corrected chi connectivity index (χ4v) is 3.78. The van der Waals surface area contributed by atoms with E-state index in [0.29, 0.717) is 18.1 Å². The van der Waals surface area contributed by atoms with Crippen LogP contribution in [-0.2, 0) is 37.8 Å². The van der Waals surface area contributed by atoms with E-state index in [1.165, 1.54) is 11.3 Å². The number of fused-ring (bicyclic) bond motifs is 1. The standard InChI is InChI=1S/C22H22ClN3O2/c1-25-21-6-2-5-19(21)20(24-25)15-26(14-18-4-3-13-28-18)22(27)12-9-16-7-10-17(23)11-8-16/h3-4,7-13H,2,5-6,14-15H2,1H3/b12-9+. The van der Waals surface area contributed by atoms with Crippen LogP contribution in [0.2, 0.25) is 5.02 Å². The second-order valence-corrected chi connectivity index (χ2v) is 7.44. The number of furan rings is 1. The lowest BCUT2D eigenvalue weighted by Gasteiger charge is -2.19. The predicted molar refractivity (Wildman–Crippen MR) is 109 cm³/mol. The molecule has 0 bridgehead atoms. The molecule has 0 atom stereocenters. The van der Waals surface area contributed by atoms with Crippen molar-refractivity contribution in [2.75, 3.05) is 0 Å². The zero-order chi connectivity index (χ0) is 19.5. The lowest BCUT2D eigenvalue weighted by molar-refractivity contribution is -0.127. The van der Waals surface area contributed by atoms with Crippen LogP contribution in [0, 0.1) is 0 Å². The van der Waals surface area contributed by atoms with Gasteiger partial charge in [0, 0.05) is 23.8 Å². The van der Waals surface area contributed by atoms with Gasteiger partial charge in [0.1, 0.15) is 5.76 Å². The highest BCUT2D eigenvalue weighted by molar-refractivity contribution is 6.30. The van der Waals surface area contributed by atoms with Gasteiger partial charge >= 0.3 is 0 Å². The van der Waals surface area contributed by atoms with Crippen LogP contribution in [0.25, 0.3) is 6.08 Å². The zero-order valence-electron chi connectivity index (χ0n) is 15.8. The van der Waals surface area contributed by atoms with Crippen molar-refractivity contribution in [1.29, 1.82) is 0 Å². The van der Waals surface area contributed by atoms with Crippen molar-refractivity contribution in [1.82, 2.24) is 14.7 Å². The van der Waals surface area contributed by atoms with Gasteiger partial charge in [-0.15, -0.1) is 0 Å². The van der Waals surface area contributed by atoms with Gasteiger partial charge in [0.2, 0.25) is 5.91 Å². The number of halogens is 1. The third-order valence-electron chi connectivity index (χ3n) is 5.07. The number of aromatic nitrogens is 2. The van der Waals surface area contributed by atoms with Gasteiger partial charge in [-0.25, -0.2) is 0 Å². The van der Waals surface area contributed by atoms with Gasteiger partial charge in [0.05, 0.1) is 25.0 Å². The van der Waals surface area contributed by atoms with Crippen molar-refractivity contribution in [2.45, 2.75) is 32.4 Å². The number of carbonyl (C=O) groups is 1. The molecule has 1 aromatic carbocycles. The summed E-state index contributed by atoms with van der Waals surface area (Å²) < 4.78 is 7.42. The Morgan fingerprint density at radius 3 is 2.82 bits per heavy atom. The largest absolute Gasteiger partial charge is 0.467 e. The zero-order valence-corrected chi connectivity index (χ0v) is 16.5. The third-order valence-corrected chi connectivity index (χ3v) is 5.32. The van der Waals surface area contributed by atoms with Gasteiger partial charge in [0.25, 0.3) is 0 Å². The highest BCUT2D eigenvalue weighted by Gasteiger charge is 2.24. The molecule has 0 N–H and O–H groups in total. The molecule has 5 nitrogen and oxygen atoms in total. The molecule has 0 saturated carbocycles. The molecule has 1 amide bonds. The molecule has 4 rings (SSSR count). The smallest absolute Gasteiger partial charge is 0.247 e. The van der Waals surface area contributed by atoms with E-state index in [4.69, 9.17) is 16.0 Å². The van der Waals surface area contributed by atoms with Crippen LogP contribution in [0.3, 0.4) is 0 Å². The first-order chi connectivity index (χ1) is 13.6. The fourth-order valence-electron chi connectivity index (χ4n) is 3.65. The number of benzene rings is 1. The van der Waals surface area contributed by atoms with Crippen LogP contribution in [0.15, 0.2) is 53.2 Å². The quantitative estimate of drug-likeness (QED) is 0.581. The van der Waals surface area contributed by atoms with Crippen molar-refractivity contribution in [2.24, 2.45) is 7.05 Å². The maximum absolute atomic E-state index is 13.0. The number of hydrogen-bond donors (Lipinski definition) is 0. The topological polar surface area (TPSA) is 51.3 Å². The molecule has 0 fully saturated rings. The Hall–Kier alpha value is -2.79. The van der Waals surface area contributed by atoms with Crippen molar-refractivity contribution in [3.05, 3.63) is 82.0 Å². The first-order valence-corrected chi connectivity index (χ1v) is 9.76. The van der Waals surface area contributed by atoms with Crippen molar-refractivity contribution < 1.29 is 9.21 Å². The van der Waals surface area contributed by atoms with Crippen molar-refractivity contribution >= 4 is 23.6 Å². The monoisotopic (exact) mass is 395 g/mol. The van der Waals surface area contributed by atoms with E-state index in [9.17, 15) is 4.79 Å². The summed E-state index contributed by atoms with van der Waals surface area (Å²) in [5.41, 5.74) is 4.49. The Balaban J connectivity index is 1.55. The molecule has 0 saturated heterocycles. The van der Waals surface area contributed by atoms with Gasteiger partial charge in [-0.2, -0.15) is 5.10 Å². The molecule has 2 heterocycles. The lowest BCUT2D eigenvalue weighted by Crippen LogP contribution is -2.29. The van der Waals surface area contributed by atoms with Crippen LogP contribution in [-0.4, -0.2) is 20.6 Å². The summed E-state index contributed by atoms with van der Waals surface area (Å²) in [5.74, 6) is 0.671. The van der Waals surface area contributed by atoms with E-state index in [1.54, 1.807) is 23.3 Å². The van der Waals surface area contributed by atoms with Gasteiger partial charge in [-0.1, -0.05) is 23.7 Å². The van der Waals surface area contributed by atoms with E-state index in [2.05, 4.69) is 5.10 Å². The van der Waals surface area contributed by atoms with Gasteiger partial charge in [-0.05, 0) is 60.7 Å². The third kappa shape index (κ3) is 4.04. The first-order valence-electron chi connectivity index (χ1n) is 9.39. The number of amides is 1. The van der Waals surface area contributed by atoms with Gasteiger partial charge in [-0.3, -0.25) is 9.48 Å². The summed E-state index contributed by atoms with van der Waals surface area (Å²) in [5, 5.41) is 5.34. The van der Waals surface area contributed by atoms with E-state index >= 15 is 0 Å². The van der Waals surface area contributed by atoms with E-state index in [0.717, 1.165) is 36.3 Å². The van der Waals surface area contributed by atoms with E-state index in [-0.39, 0.29) is 5.91 Å². The maximum atomic E-state index is 13.0. The fraction of sp³-hybridized carbons (Fsp3) is 0.273. The second-order valence-electron chi connectivity index (χ2n) is 7.01. The summed E-state index contributed by atoms with van der Waals surface area (Å²) >= 11 is 5.92. The normalized spacial score (nSPS) is 13.2. The van der Waals surface area contributed by atoms with Crippen LogP contribution in [0.5, 0.6) is 0 Å². The molecule has 0 spiro atoms. The molecular formula is C22H22ClN3O2. The minimum atomic E-state index is -0.0799. The van der Waals surface area contributed by atoms with Crippen molar-refractivity contribution in [3.63, 3.8) is 0 Å². The number of aryl methyl sites for hydroxylation is 1. The molecule has 0 aliphatic heterocycles. The average Bonchev–Trinajstić information content (AvgIpc) is 3.42. The molecule has 0 unspecified atom stereocenters. The van der Waals surface area contributed by atoms with E-state index in [1.807, 2.05) is 48.1 Å². The molecule has 3 aromatic rings. The number of rotatable bonds is 6. The molecule has 6 heteroatoms. The Morgan fingerprint density at radius 1 is 1.25 bits per heavy atom. The van der Waals surface area contributed by atoms with Crippen LogP contribution >= 0.6 is 11.6 Å². The average molecular weight is 396 g/mol. The molecule has 2 aromatic heterocycles. The number of nitrogens with zero attached hydrogens (tertiary/aromatic N) is 3. The summed E-state index contributed by atoms with van der Waals surface area (Å²) in [6.07, 6.45) is 8.26. The molecule has 1 aliphatic rings. The molecule has 1 aliphatic carbocycles. The lowest BCUT2D eigenvalue weighted by atomic mass is 10.1. The Labute approximate surface area is 169 Å². The number of hydrogen-bond acceptors (Lipinski definition) is 3. The molecule has 0 radical (unpaired) electrons. The minimum Gasteiger partial charge on any atom is -0.467 e. The molecule has 144 valence electrons. The maximum Gasteiger partial charge on any atom is 0.247 e. The highest BCUT2D eigenvalue weighted by atomic mass is 35.5. The number of carbonyl (C=O) groups excluding carboxylic acids is 1. The van der Waals surface area contributed by atoms with Crippen LogP contribution in [0.4, 0.5) is 0 Å². The van der Waals surface area contributed by atoms with Crippen LogP contribution in [0.1, 0.15) is 34.7 Å². The minimum absolute atomic E-state index is 0.0799. The summed E-state index contributed by atoms with van der Waals surface area (Å²) in [7, 11) is 1.98. The predicted octanol–water partition coefficient (Wildman–Crippen LogP) is 4.40. The SMILES string of the molecule is Cn1nc(CN(Cc2ccco2)C(=O)/C=C/c2ccc(Cl)cc2)c2c1CCC2. The second kappa shape index (κ2) is 8.07. The highest BCUT2D eigenvalue weighted by Crippen LogP contribution is 2.26. The van der Waals surface area contributed by atoms with Gasteiger partial charge < -0.3 is 9.32 Å². The molecule has 28 heavy (non-hydrogen) atoms. The Bertz CT molecular complexity index is 988. The van der Waals surface area contributed by atoms with Gasteiger partial charge in [0.15, 0.2) is 0 Å². The Morgan fingerprint density at radius 2 is 2.07 bits per heavy atom. The summed E-state index contributed by atoms with van der Waals surface area (Å²) in [6, 6.07) is 11.1. The van der Waals surface area contributed by atoms with Crippen LogP contribution < -0.4 is 0 Å².